The van der Waals surface area contributed by atoms with Gasteiger partial charge in [-0.25, -0.2) is 4.98 Å². The number of halogens is 3. The predicted molar refractivity (Wildman–Crippen MR) is 104 cm³/mol. The van der Waals surface area contributed by atoms with Gasteiger partial charge in [-0.05, 0) is 30.7 Å². The molecule has 1 amide bonds. The minimum absolute atomic E-state index is 0.0210. The number of alkyl halides is 3. The molecule has 160 valence electrons. The number of carbonyl (C=O) groups excluding carboxylic acids is 1. The number of methoxy groups -OCH3 is 2. The summed E-state index contributed by atoms with van der Waals surface area (Å²) in [6.45, 7) is 1.80. The van der Waals surface area contributed by atoms with Crippen molar-refractivity contribution < 1.29 is 27.4 Å². The fraction of sp³-hybridized carbons (Fsp3) is 0.429. The van der Waals surface area contributed by atoms with E-state index in [4.69, 9.17) is 9.47 Å². The highest BCUT2D eigenvalue weighted by Gasteiger charge is 2.45. The molecule has 0 unspecified atom stereocenters. The first-order chi connectivity index (χ1) is 14.3. The van der Waals surface area contributed by atoms with E-state index < -0.39 is 11.7 Å². The number of rotatable bonds is 4. The van der Waals surface area contributed by atoms with E-state index in [1.807, 2.05) is 4.90 Å². The third-order valence-electron chi connectivity index (χ3n) is 5.85. The van der Waals surface area contributed by atoms with Gasteiger partial charge in [0.15, 0.2) is 0 Å². The van der Waals surface area contributed by atoms with Crippen molar-refractivity contribution in [1.29, 1.82) is 0 Å². The van der Waals surface area contributed by atoms with Crippen LogP contribution < -0.4 is 14.4 Å². The Kier molecular flexibility index (Phi) is 5.21. The predicted octanol–water partition coefficient (Wildman–Crippen LogP) is 3.47. The molecule has 9 heteroatoms. The normalized spacial score (nSPS) is 21.0. The minimum Gasteiger partial charge on any atom is -0.496 e. The van der Waals surface area contributed by atoms with Crippen LogP contribution in [0.1, 0.15) is 22.3 Å². The van der Waals surface area contributed by atoms with E-state index in [1.54, 1.807) is 23.1 Å². The Bertz CT molecular complexity index is 911. The number of benzene rings is 1. The first-order valence-corrected chi connectivity index (χ1v) is 9.63. The minimum atomic E-state index is -4.41. The number of pyridine rings is 1. The Morgan fingerprint density at radius 3 is 2.37 bits per heavy atom. The number of likely N-dealkylation sites (tertiary alicyclic amines) is 1. The molecule has 30 heavy (non-hydrogen) atoms. The van der Waals surface area contributed by atoms with E-state index in [1.165, 1.54) is 20.3 Å². The summed E-state index contributed by atoms with van der Waals surface area (Å²) in [7, 11) is 3.00. The summed E-state index contributed by atoms with van der Waals surface area (Å²) in [5.41, 5.74) is -0.397. The molecular formula is C21H22F3N3O3. The van der Waals surface area contributed by atoms with Crippen molar-refractivity contribution >= 4 is 11.7 Å². The molecular weight excluding hydrogens is 399 g/mol. The van der Waals surface area contributed by atoms with E-state index in [-0.39, 0.29) is 11.9 Å². The van der Waals surface area contributed by atoms with Crippen LogP contribution in [0.3, 0.4) is 0 Å². The fourth-order valence-electron chi connectivity index (χ4n) is 4.19. The second-order valence-electron chi connectivity index (χ2n) is 7.46. The molecule has 1 aromatic heterocycles. The number of amides is 1. The molecule has 2 aromatic rings. The van der Waals surface area contributed by atoms with Crippen molar-refractivity contribution in [1.82, 2.24) is 9.88 Å². The number of nitrogens with zero attached hydrogens (tertiary/aromatic N) is 3. The average molecular weight is 421 g/mol. The van der Waals surface area contributed by atoms with E-state index in [2.05, 4.69) is 4.98 Å². The van der Waals surface area contributed by atoms with Crippen LogP contribution in [0.25, 0.3) is 0 Å². The molecule has 0 bridgehead atoms. The van der Waals surface area contributed by atoms with Crippen molar-refractivity contribution in [2.75, 3.05) is 38.8 Å². The lowest BCUT2D eigenvalue weighted by molar-refractivity contribution is -0.137. The Labute approximate surface area is 172 Å². The SMILES string of the molecule is COc1cccc(OC)c1C(=O)N1CC[C@H]2CN(c3ccc(C(F)(F)F)cn3)[C@H]2C1. The van der Waals surface area contributed by atoms with Gasteiger partial charge in [-0.3, -0.25) is 4.79 Å². The summed E-state index contributed by atoms with van der Waals surface area (Å²) in [4.78, 5) is 21.0. The maximum absolute atomic E-state index is 13.2. The van der Waals surface area contributed by atoms with Gasteiger partial charge in [-0.15, -0.1) is 0 Å². The number of piperidine rings is 1. The van der Waals surface area contributed by atoms with Crippen molar-refractivity contribution in [2.24, 2.45) is 5.92 Å². The summed E-state index contributed by atoms with van der Waals surface area (Å²) >= 11 is 0. The Balaban J connectivity index is 1.52. The smallest absolute Gasteiger partial charge is 0.417 e. The van der Waals surface area contributed by atoms with Gasteiger partial charge in [0.1, 0.15) is 22.9 Å². The average Bonchev–Trinajstić information content (AvgIpc) is 2.73. The van der Waals surface area contributed by atoms with Crippen molar-refractivity contribution in [3.05, 3.63) is 47.7 Å². The van der Waals surface area contributed by atoms with Crippen LogP contribution in [0.5, 0.6) is 11.5 Å². The summed E-state index contributed by atoms with van der Waals surface area (Å²) in [5.74, 6) is 1.58. The molecule has 2 saturated heterocycles. The number of ether oxygens (including phenoxy) is 2. The molecule has 6 nitrogen and oxygen atoms in total. The monoisotopic (exact) mass is 421 g/mol. The zero-order valence-corrected chi connectivity index (χ0v) is 16.6. The first-order valence-electron chi connectivity index (χ1n) is 9.63. The van der Waals surface area contributed by atoms with Crippen molar-refractivity contribution in [3.63, 3.8) is 0 Å². The molecule has 0 aliphatic carbocycles. The fourth-order valence-corrected chi connectivity index (χ4v) is 4.19. The van der Waals surface area contributed by atoms with Crippen LogP contribution in [0.2, 0.25) is 0 Å². The van der Waals surface area contributed by atoms with Crippen LogP contribution in [0, 0.1) is 5.92 Å². The number of hydrogen-bond donors (Lipinski definition) is 0. The van der Waals surface area contributed by atoms with Gasteiger partial charge in [0.25, 0.3) is 5.91 Å². The van der Waals surface area contributed by atoms with Crippen LogP contribution >= 0.6 is 0 Å². The Morgan fingerprint density at radius 1 is 1.10 bits per heavy atom. The number of carbonyl (C=O) groups is 1. The third-order valence-corrected chi connectivity index (χ3v) is 5.85. The van der Waals surface area contributed by atoms with Gasteiger partial charge >= 0.3 is 6.18 Å². The second kappa shape index (κ2) is 7.70. The lowest BCUT2D eigenvalue weighted by Gasteiger charge is -2.54. The molecule has 2 aliphatic rings. The molecule has 0 spiro atoms. The van der Waals surface area contributed by atoms with Crippen LogP contribution in [-0.2, 0) is 6.18 Å². The van der Waals surface area contributed by atoms with Gasteiger partial charge < -0.3 is 19.3 Å². The highest BCUT2D eigenvalue weighted by atomic mass is 19.4. The maximum atomic E-state index is 13.2. The molecule has 4 rings (SSSR count). The lowest BCUT2D eigenvalue weighted by Crippen LogP contribution is -2.65. The summed E-state index contributed by atoms with van der Waals surface area (Å²) in [6.07, 6.45) is -2.73. The largest absolute Gasteiger partial charge is 0.496 e. The summed E-state index contributed by atoms with van der Waals surface area (Å²) in [5, 5.41) is 0. The van der Waals surface area contributed by atoms with Gasteiger partial charge in [0, 0.05) is 31.7 Å². The summed E-state index contributed by atoms with van der Waals surface area (Å²) in [6, 6.07) is 7.64. The topological polar surface area (TPSA) is 54.9 Å². The van der Waals surface area contributed by atoms with E-state index in [0.717, 1.165) is 25.2 Å². The van der Waals surface area contributed by atoms with Gasteiger partial charge in [0.05, 0.1) is 25.8 Å². The molecule has 1 aromatic carbocycles. The Hall–Kier alpha value is -2.97. The quantitative estimate of drug-likeness (QED) is 0.757. The number of anilines is 1. The molecule has 3 heterocycles. The zero-order valence-electron chi connectivity index (χ0n) is 16.6. The Morgan fingerprint density at radius 2 is 1.80 bits per heavy atom. The van der Waals surface area contributed by atoms with E-state index >= 15 is 0 Å². The van der Waals surface area contributed by atoms with E-state index in [9.17, 15) is 18.0 Å². The zero-order chi connectivity index (χ0) is 21.5. The van der Waals surface area contributed by atoms with Crippen LogP contribution in [-0.4, -0.2) is 55.7 Å². The standard InChI is InChI=1S/C21H22F3N3O3/c1-29-16-4-3-5-17(30-2)19(16)20(28)26-9-8-13-11-27(15(13)12-26)18-7-6-14(10-25-18)21(22,23)24/h3-7,10,13,15H,8-9,11-12H2,1-2H3/t13-,15-/m0/s1. The van der Waals surface area contributed by atoms with Crippen molar-refractivity contribution in [3.8, 4) is 11.5 Å². The van der Waals surface area contributed by atoms with Crippen molar-refractivity contribution in [2.45, 2.75) is 18.6 Å². The highest BCUT2D eigenvalue weighted by molar-refractivity contribution is 5.99. The summed E-state index contributed by atoms with van der Waals surface area (Å²) < 4.78 is 49.1. The van der Waals surface area contributed by atoms with Crippen LogP contribution in [0.15, 0.2) is 36.5 Å². The molecule has 0 radical (unpaired) electrons. The van der Waals surface area contributed by atoms with Gasteiger partial charge in [-0.1, -0.05) is 6.07 Å². The lowest BCUT2D eigenvalue weighted by atomic mass is 9.82. The molecule has 2 aliphatic heterocycles. The molecule has 2 atom stereocenters. The van der Waals surface area contributed by atoms with Crippen LogP contribution in [0.4, 0.5) is 19.0 Å². The second-order valence-corrected chi connectivity index (χ2v) is 7.46. The number of fused-ring (bicyclic) bond motifs is 1. The first kappa shape index (κ1) is 20.3. The van der Waals surface area contributed by atoms with Gasteiger partial charge in [-0.2, -0.15) is 13.2 Å². The molecule has 0 N–H and O–H groups in total. The van der Waals surface area contributed by atoms with E-state index in [0.29, 0.717) is 41.9 Å². The number of aromatic nitrogens is 1. The van der Waals surface area contributed by atoms with Gasteiger partial charge in [0.2, 0.25) is 0 Å². The maximum Gasteiger partial charge on any atom is 0.417 e. The number of hydrogen-bond acceptors (Lipinski definition) is 5. The molecule has 0 saturated carbocycles. The third kappa shape index (κ3) is 3.53. The highest BCUT2D eigenvalue weighted by Crippen LogP contribution is 2.38. The molecule has 2 fully saturated rings.